The SMILES string of the molecule is CN(C)C=CC(=O)c1ccc(OCC2COC(Cn3cncn3)(c3cccs3)O2)cc1. The predicted molar refractivity (Wildman–Crippen MR) is 116 cm³/mol. The maximum Gasteiger partial charge on any atom is 0.225 e. The molecule has 0 amide bonds. The Morgan fingerprint density at radius 3 is 2.87 bits per heavy atom. The van der Waals surface area contributed by atoms with Crippen molar-refractivity contribution < 1.29 is 19.0 Å². The molecule has 9 heteroatoms. The van der Waals surface area contributed by atoms with Gasteiger partial charge < -0.3 is 19.1 Å². The number of aromatic nitrogens is 3. The fraction of sp³-hybridized carbons (Fsp3) is 0.318. The number of hydrogen-bond donors (Lipinski definition) is 0. The summed E-state index contributed by atoms with van der Waals surface area (Å²) in [4.78, 5) is 18.9. The number of thiophene rings is 1. The minimum atomic E-state index is -0.912. The van der Waals surface area contributed by atoms with E-state index in [9.17, 15) is 4.79 Å². The molecule has 2 unspecified atom stereocenters. The second-order valence-electron chi connectivity index (χ2n) is 7.35. The van der Waals surface area contributed by atoms with Crippen LogP contribution in [0.5, 0.6) is 5.75 Å². The lowest BCUT2D eigenvalue weighted by Gasteiger charge is -2.26. The molecule has 0 saturated carbocycles. The van der Waals surface area contributed by atoms with E-state index in [0.29, 0.717) is 31.1 Å². The molecule has 2 aromatic heterocycles. The van der Waals surface area contributed by atoms with Crippen molar-refractivity contribution in [1.82, 2.24) is 19.7 Å². The zero-order chi connectivity index (χ0) is 21.7. The largest absolute Gasteiger partial charge is 0.491 e. The Kier molecular flexibility index (Phi) is 6.45. The number of ketones is 1. The van der Waals surface area contributed by atoms with Crippen LogP contribution in [0.25, 0.3) is 0 Å². The van der Waals surface area contributed by atoms with Crippen molar-refractivity contribution in [3.8, 4) is 5.75 Å². The summed E-state index contributed by atoms with van der Waals surface area (Å²) in [7, 11) is 3.74. The van der Waals surface area contributed by atoms with Gasteiger partial charge in [-0.25, -0.2) is 9.67 Å². The number of benzene rings is 1. The molecule has 3 heterocycles. The molecule has 31 heavy (non-hydrogen) atoms. The first-order valence-corrected chi connectivity index (χ1v) is 10.7. The van der Waals surface area contributed by atoms with Crippen LogP contribution in [-0.4, -0.2) is 58.9 Å². The number of carbonyl (C=O) groups is 1. The molecule has 1 fully saturated rings. The Morgan fingerprint density at radius 1 is 1.35 bits per heavy atom. The third-order valence-electron chi connectivity index (χ3n) is 4.69. The van der Waals surface area contributed by atoms with E-state index in [2.05, 4.69) is 10.1 Å². The fourth-order valence-corrected chi connectivity index (χ4v) is 3.99. The molecule has 162 valence electrons. The van der Waals surface area contributed by atoms with Crippen LogP contribution in [0.4, 0.5) is 0 Å². The number of allylic oxidation sites excluding steroid dienone is 1. The van der Waals surface area contributed by atoms with Crippen molar-refractivity contribution in [1.29, 1.82) is 0 Å². The first kappa shape index (κ1) is 21.2. The van der Waals surface area contributed by atoms with Crippen molar-refractivity contribution in [2.45, 2.75) is 18.4 Å². The summed E-state index contributed by atoms with van der Waals surface area (Å²) in [5.41, 5.74) is 0.607. The topological polar surface area (TPSA) is 78.7 Å². The lowest BCUT2D eigenvalue weighted by atomic mass is 10.1. The minimum absolute atomic E-state index is 0.0541. The highest BCUT2D eigenvalue weighted by Crippen LogP contribution is 2.38. The van der Waals surface area contributed by atoms with Crippen molar-refractivity contribution in [2.75, 3.05) is 27.3 Å². The van der Waals surface area contributed by atoms with Gasteiger partial charge in [0.05, 0.1) is 11.5 Å². The van der Waals surface area contributed by atoms with Gasteiger partial charge in [0.1, 0.15) is 37.7 Å². The Bertz CT molecular complexity index is 1000. The van der Waals surface area contributed by atoms with Gasteiger partial charge in [-0.1, -0.05) is 6.07 Å². The molecule has 0 N–H and O–H groups in total. The number of rotatable bonds is 9. The average molecular weight is 441 g/mol. The van der Waals surface area contributed by atoms with E-state index in [1.54, 1.807) is 58.9 Å². The molecule has 3 aromatic rings. The molecule has 0 radical (unpaired) electrons. The molecule has 1 aromatic carbocycles. The van der Waals surface area contributed by atoms with Crippen LogP contribution in [0.15, 0.2) is 66.7 Å². The summed E-state index contributed by atoms with van der Waals surface area (Å²) in [6.07, 6.45) is 6.16. The molecule has 0 aliphatic carbocycles. The first-order valence-electron chi connectivity index (χ1n) is 9.84. The number of nitrogens with zero attached hydrogens (tertiary/aromatic N) is 4. The quantitative estimate of drug-likeness (QED) is 0.374. The standard InChI is InChI=1S/C22H24N4O4S/c1-25(2)10-9-20(27)17-5-7-18(8-6-17)28-12-19-13-29-22(30-19,21-4-3-11-31-21)14-26-16-23-15-24-26/h3-11,15-16,19H,12-14H2,1-2H3. The van der Waals surface area contributed by atoms with E-state index in [4.69, 9.17) is 14.2 Å². The molecule has 1 saturated heterocycles. The maximum atomic E-state index is 12.1. The lowest BCUT2D eigenvalue weighted by Crippen LogP contribution is -2.33. The van der Waals surface area contributed by atoms with E-state index >= 15 is 0 Å². The molecule has 0 spiro atoms. The van der Waals surface area contributed by atoms with Gasteiger partial charge in [0.25, 0.3) is 0 Å². The van der Waals surface area contributed by atoms with Crippen LogP contribution >= 0.6 is 11.3 Å². The Morgan fingerprint density at radius 2 is 2.19 bits per heavy atom. The van der Waals surface area contributed by atoms with E-state index in [0.717, 1.165) is 4.88 Å². The second-order valence-corrected chi connectivity index (χ2v) is 8.30. The van der Waals surface area contributed by atoms with Crippen LogP contribution in [-0.2, 0) is 21.8 Å². The molecular weight excluding hydrogens is 416 g/mol. The Hall–Kier alpha value is -3.01. The summed E-state index contributed by atoms with van der Waals surface area (Å²) < 4.78 is 20.0. The highest BCUT2D eigenvalue weighted by molar-refractivity contribution is 7.10. The van der Waals surface area contributed by atoms with Gasteiger partial charge in [-0.3, -0.25) is 4.79 Å². The Labute approximate surface area is 184 Å². The molecule has 0 bridgehead atoms. The average Bonchev–Trinajstić information content (AvgIpc) is 3.53. The van der Waals surface area contributed by atoms with Gasteiger partial charge in [0.15, 0.2) is 5.78 Å². The monoisotopic (exact) mass is 440 g/mol. The highest BCUT2D eigenvalue weighted by atomic mass is 32.1. The molecule has 2 atom stereocenters. The summed E-state index contributed by atoms with van der Waals surface area (Å²) in [6, 6.07) is 11.0. The zero-order valence-corrected chi connectivity index (χ0v) is 18.2. The van der Waals surface area contributed by atoms with Crippen molar-refractivity contribution >= 4 is 17.1 Å². The summed E-state index contributed by atoms with van der Waals surface area (Å²) in [6.45, 7) is 1.14. The maximum absolute atomic E-state index is 12.1. The second kappa shape index (κ2) is 9.42. The van der Waals surface area contributed by atoms with Crippen LogP contribution in [0.3, 0.4) is 0 Å². The van der Waals surface area contributed by atoms with Gasteiger partial charge in [-0.05, 0) is 35.7 Å². The van der Waals surface area contributed by atoms with Crippen LogP contribution < -0.4 is 4.74 Å². The van der Waals surface area contributed by atoms with Crippen molar-refractivity contribution in [2.24, 2.45) is 0 Å². The third kappa shape index (κ3) is 5.19. The molecule has 1 aliphatic rings. The summed E-state index contributed by atoms with van der Waals surface area (Å²) in [5, 5.41) is 6.17. The van der Waals surface area contributed by atoms with Crippen molar-refractivity contribution in [3.63, 3.8) is 0 Å². The molecule has 1 aliphatic heterocycles. The molecular formula is C22H24N4O4S. The summed E-state index contributed by atoms with van der Waals surface area (Å²) in [5.74, 6) is -0.298. The smallest absolute Gasteiger partial charge is 0.225 e. The van der Waals surface area contributed by atoms with Crippen LogP contribution in [0.2, 0.25) is 0 Å². The number of ether oxygens (including phenoxy) is 3. The van der Waals surface area contributed by atoms with Gasteiger partial charge in [-0.15, -0.1) is 11.3 Å². The number of hydrogen-bond acceptors (Lipinski definition) is 8. The van der Waals surface area contributed by atoms with Gasteiger partial charge in [-0.2, -0.15) is 5.10 Å². The first-order chi connectivity index (χ1) is 15.0. The third-order valence-corrected chi connectivity index (χ3v) is 5.69. The zero-order valence-electron chi connectivity index (χ0n) is 17.4. The van der Waals surface area contributed by atoms with E-state index < -0.39 is 5.79 Å². The molecule has 4 rings (SSSR count). The lowest BCUT2D eigenvalue weighted by molar-refractivity contribution is -0.188. The molecule has 8 nitrogen and oxygen atoms in total. The predicted octanol–water partition coefficient (Wildman–Crippen LogP) is 2.95. The van der Waals surface area contributed by atoms with E-state index in [1.807, 2.05) is 36.5 Å². The van der Waals surface area contributed by atoms with E-state index in [1.165, 1.54) is 6.33 Å². The fourth-order valence-electron chi connectivity index (χ4n) is 3.18. The van der Waals surface area contributed by atoms with Crippen molar-refractivity contribution in [3.05, 3.63) is 77.1 Å². The van der Waals surface area contributed by atoms with Gasteiger partial charge >= 0.3 is 0 Å². The number of carbonyl (C=O) groups excluding carboxylic acids is 1. The van der Waals surface area contributed by atoms with Gasteiger partial charge in [0, 0.05) is 31.9 Å². The van der Waals surface area contributed by atoms with Gasteiger partial charge in [0.2, 0.25) is 5.79 Å². The highest BCUT2D eigenvalue weighted by Gasteiger charge is 2.45. The minimum Gasteiger partial charge on any atom is -0.491 e. The van der Waals surface area contributed by atoms with E-state index in [-0.39, 0.29) is 11.9 Å². The van der Waals surface area contributed by atoms with Crippen LogP contribution in [0, 0.1) is 0 Å². The summed E-state index contributed by atoms with van der Waals surface area (Å²) >= 11 is 1.57. The normalized spacial score (nSPS) is 20.9. The Balaban J connectivity index is 1.37. The van der Waals surface area contributed by atoms with Crippen LogP contribution in [0.1, 0.15) is 15.2 Å².